The number of amidine groups is 1. The molecular formula is C19H15ClN2O4S. The summed E-state index contributed by atoms with van der Waals surface area (Å²) >= 11 is 7.37. The molecule has 27 heavy (non-hydrogen) atoms. The van der Waals surface area contributed by atoms with Crippen LogP contribution in [0.1, 0.15) is 15.9 Å². The molecule has 2 aromatic carbocycles. The molecule has 3 rings (SSSR count). The Morgan fingerprint density at radius 1 is 1.26 bits per heavy atom. The Bertz CT molecular complexity index is 970. The zero-order valence-electron chi connectivity index (χ0n) is 14.5. The summed E-state index contributed by atoms with van der Waals surface area (Å²) in [5, 5.41) is 9.92. The number of carbonyl (C=O) groups excluding carboxylic acids is 1. The second kappa shape index (κ2) is 7.85. The molecule has 1 fully saturated rings. The van der Waals surface area contributed by atoms with Gasteiger partial charge < -0.3 is 9.84 Å². The molecule has 0 bridgehead atoms. The van der Waals surface area contributed by atoms with Gasteiger partial charge in [-0.25, -0.2) is 9.79 Å². The number of aliphatic imine (C=N–C) groups is 1. The third-order valence-corrected chi connectivity index (χ3v) is 5.17. The van der Waals surface area contributed by atoms with Crippen LogP contribution in [0.3, 0.4) is 0 Å². The molecule has 6 nitrogen and oxygen atoms in total. The number of hydrogen-bond donors (Lipinski definition) is 1. The van der Waals surface area contributed by atoms with Crippen LogP contribution in [0.15, 0.2) is 52.4 Å². The maximum absolute atomic E-state index is 12.5. The van der Waals surface area contributed by atoms with Gasteiger partial charge in [-0.05, 0) is 59.8 Å². The first kappa shape index (κ1) is 19.0. The van der Waals surface area contributed by atoms with E-state index in [1.807, 2.05) is 6.07 Å². The summed E-state index contributed by atoms with van der Waals surface area (Å²) in [5.74, 6) is -0.610. The second-order valence-electron chi connectivity index (χ2n) is 5.62. The number of benzene rings is 2. The van der Waals surface area contributed by atoms with Gasteiger partial charge in [-0.15, -0.1) is 0 Å². The summed E-state index contributed by atoms with van der Waals surface area (Å²) in [7, 11) is 3.18. The predicted molar refractivity (Wildman–Crippen MR) is 107 cm³/mol. The highest BCUT2D eigenvalue weighted by molar-refractivity contribution is 8.18. The van der Waals surface area contributed by atoms with Crippen molar-refractivity contribution in [2.24, 2.45) is 4.99 Å². The van der Waals surface area contributed by atoms with Crippen LogP contribution in [0.2, 0.25) is 5.02 Å². The highest BCUT2D eigenvalue weighted by Crippen LogP contribution is 2.34. The number of carboxylic acid groups (broad SMARTS) is 1. The molecule has 1 amide bonds. The Kier molecular flexibility index (Phi) is 5.53. The lowest BCUT2D eigenvalue weighted by Gasteiger charge is -2.07. The summed E-state index contributed by atoms with van der Waals surface area (Å²) in [5.41, 5.74) is 1.52. The number of carbonyl (C=O) groups is 2. The first-order chi connectivity index (χ1) is 12.9. The molecule has 1 N–H and O–H groups in total. The van der Waals surface area contributed by atoms with E-state index < -0.39 is 5.97 Å². The first-order valence-corrected chi connectivity index (χ1v) is 9.01. The van der Waals surface area contributed by atoms with Crippen LogP contribution in [0, 0.1) is 0 Å². The topological polar surface area (TPSA) is 79.2 Å². The molecule has 138 valence electrons. The molecule has 0 atom stereocenters. The molecule has 1 saturated heterocycles. The molecule has 2 aromatic rings. The molecular weight excluding hydrogens is 388 g/mol. The van der Waals surface area contributed by atoms with Crippen molar-refractivity contribution in [3.05, 3.63) is 63.5 Å². The number of rotatable bonds is 4. The van der Waals surface area contributed by atoms with Gasteiger partial charge in [0, 0.05) is 7.05 Å². The Labute approximate surface area is 165 Å². The summed E-state index contributed by atoms with van der Waals surface area (Å²) in [6.45, 7) is 0. The molecule has 1 heterocycles. The van der Waals surface area contributed by atoms with E-state index in [2.05, 4.69) is 4.99 Å². The van der Waals surface area contributed by atoms with Crippen LogP contribution in [-0.4, -0.2) is 41.2 Å². The van der Waals surface area contributed by atoms with E-state index in [0.717, 1.165) is 5.56 Å². The van der Waals surface area contributed by atoms with Gasteiger partial charge in [-0.3, -0.25) is 9.69 Å². The smallest absolute Gasteiger partial charge is 0.335 e. The molecule has 1 aliphatic heterocycles. The van der Waals surface area contributed by atoms with Crippen LogP contribution in [-0.2, 0) is 4.79 Å². The van der Waals surface area contributed by atoms with Crippen molar-refractivity contribution in [2.45, 2.75) is 0 Å². The molecule has 0 saturated carbocycles. The van der Waals surface area contributed by atoms with Gasteiger partial charge in [0.25, 0.3) is 5.91 Å². The van der Waals surface area contributed by atoms with Crippen LogP contribution < -0.4 is 4.74 Å². The number of aromatic carboxylic acids is 1. The monoisotopic (exact) mass is 402 g/mol. The molecule has 0 aliphatic carbocycles. The Balaban J connectivity index is 1.85. The number of halogens is 1. The van der Waals surface area contributed by atoms with Crippen LogP contribution >= 0.6 is 23.4 Å². The maximum Gasteiger partial charge on any atom is 0.335 e. The SMILES string of the molecule is COc1ccc(C=C2SC(=Nc3ccc(C(=O)O)cc3)N(C)C2=O)cc1Cl. The van der Waals surface area contributed by atoms with Gasteiger partial charge in [-0.1, -0.05) is 17.7 Å². The lowest BCUT2D eigenvalue weighted by molar-refractivity contribution is -0.121. The molecule has 0 aromatic heterocycles. The minimum absolute atomic E-state index is 0.173. The molecule has 0 radical (unpaired) electrons. The van der Waals surface area contributed by atoms with E-state index in [1.54, 1.807) is 37.4 Å². The summed E-state index contributed by atoms with van der Waals surface area (Å²) in [4.78, 5) is 29.8. The highest BCUT2D eigenvalue weighted by Gasteiger charge is 2.30. The fourth-order valence-corrected chi connectivity index (χ4v) is 3.62. The van der Waals surface area contributed by atoms with Crippen molar-refractivity contribution < 1.29 is 19.4 Å². The van der Waals surface area contributed by atoms with Crippen molar-refractivity contribution >= 4 is 52.2 Å². The molecule has 0 spiro atoms. The lowest BCUT2D eigenvalue weighted by atomic mass is 10.2. The predicted octanol–water partition coefficient (Wildman–Crippen LogP) is 4.28. The standard InChI is InChI=1S/C19H15ClN2O4S/c1-22-17(23)16(10-11-3-8-15(26-2)14(20)9-11)27-19(22)21-13-6-4-12(5-7-13)18(24)25/h3-10H,1-2H3,(H,24,25). The van der Waals surface area contributed by atoms with E-state index in [0.29, 0.717) is 26.5 Å². The van der Waals surface area contributed by atoms with Crippen LogP contribution in [0.4, 0.5) is 5.69 Å². The second-order valence-corrected chi connectivity index (χ2v) is 7.03. The van der Waals surface area contributed by atoms with Gasteiger partial charge in [-0.2, -0.15) is 0 Å². The Morgan fingerprint density at radius 2 is 1.96 bits per heavy atom. The van der Waals surface area contributed by atoms with Crippen LogP contribution in [0.25, 0.3) is 6.08 Å². The average Bonchev–Trinajstić information content (AvgIpc) is 2.90. The number of hydrogen-bond acceptors (Lipinski definition) is 5. The fourth-order valence-electron chi connectivity index (χ4n) is 2.36. The maximum atomic E-state index is 12.5. The van der Waals surface area contributed by atoms with E-state index >= 15 is 0 Å². The zero-order valence-corrected chi connectivity index (χ0v) is 16.0. The van der Waals surface area contributed by atoms with Crippen molar-refractivity contribution in [3.63, 3.8) is 0 Å². The summed E-state index contributed by atoms with van der Waals surface area (Å²) in [6, 6.07) is 11.4. The normalized spacial score (nSPS) is 17.0. The van der Waals surface area contributed by atoms with E-state index in [4.69, 9.17) is 21.4 Å². The molecule has 1 aliphatic rings. The number of likely N-dealkylation sites (N-methyl/N-ethyl adjacent to an activating group) is 1. The average molecular weight is 403 g/mol. The third kappa shape index (κ3) is 4.15. The van der Waals surface area contributed by atoms with E-state index in [9.17, 15) is 9.59 Å². The third-order valence-electron chi connectivity index (χ3n) is 3.82. The van der Waals surface area contributed by atoms with Crippen molar-refractivity contribution in [2.75, 3.05) is 14.2 Å². The van der Waals surface area contributed by atoms with Crippen LogP contribution in [0.5, 0.6) is 5.75 Å². The van der Waals surface area contributed by atoms with Crippen molar-refractivity contribution in [1.29, 1.82) is 0 Å². The minimum Gasteiger partial charge on any atom is -0.495 e. The Morgan fingerprint density at radius 3 is 2.56 bits per heavy atom. The van der Waals surface area contributed by atoms with Gasteiger partial charge in [0.15, 0.2) is 5.17 Å². The van der Waals surface area contributed by atoms with Crippen molar-refractivity contribution in [1.82, 2.24) is 4.90 Å². The number of methoxy groups -OCH3 is 1. The van der Waals surface area contributed by atoms with Gasteiger partial charge in [0.2, 0.25) is 0 Å². The number of thioether (sulfide) groups is 1. The largest absolute Gasteiger partial charge is 0.495 e. The zero-order chi connectivity index (χ0) is 19.6. The minimum atomic E-state index is -1.000. The first-order valence-electron chi connectivity index (χ1n) is 7.82. The Hall–Kier alpha value is -2.77. The molecule has 0 unspecified atom stereocenters. The fraction of sp³-hybridized carbons (Fsp3) is 0.105. The van der Waals surface area contributed by atoms with Gasteiger partial charge in [0.1, 0.15) is 5.75 Å². The van der Waals surface area contributed by atoms with Gasteiger partial charge >= 0.3 is 5.97 Å². The number of carboxylic acids is 1. The quantitative estimate of drug-likeness (QED) is 0.772. The summed E-state index contributed by atoms with van der Waals surface area (Å²) < 4.78 is 5.13. The van der Waals surface area contributed by atoms with Crippen molar-refractivity contribution in [3.8, 4) is 5.75 Å². The van der Waals surface area contributed by atoms with Gasteiger partial charge in [0.05, 0.1) is 28.3 Å². The molecule has 8 heteroatoms. The lowest BCUT2D eigenvalue weighted by Crippen LogP contribution is -2.23. The van der Waals surface area contributed by atoms with E-state index in [-0.39, 0.29) is 11.5 Å². The van der Waals surface area contributed by atoms with E-state index in [1.165, 1.54) is 35.9 Å². The number of nitrogens with zero attached hydrogens (tertiary/aromatic N) is 2. The number of ether oxygens (including phenoxy) is 1. The number of amides is 1. The highest BCUT2D eigenvalue weighted by atomic mass is 35.5. The summed E-state index contributed by atoms with van der Waals surface area (Å²) in [6.07, 6.45) is 1.74.